The smallest absolute Gasteiger partial charge is 0.0144 e. The van der Waals surface area contributed by atoms with Gasteiger partial charge in [0.05, 0.1) is 0 Å². The molecule has 0 aromatic heterocycles. The highest BCUT2D eigenvalue weighted by Crippen LogP contribution is 2.53. The lowest BCUT2D eigenvalue weighted by Crippen LogP contribution is -2.18. The largest absolute Gasteiger partial charge is 0.220 e. The Morgan fingerprint density at radius 1 is 1.12 bits per heavy atom. The van der Waals surface area contributed by atoms with Gasteiger partial charge < -0.3 is 0 Å². The van der Waals surface area contributed by atoms with Crippen LogP contribution < -0.4 is 0 Å². The Kier molecular flexibility index (Phi) is 4.49. The third kappa shape index (κ3) is 4.61. The summed E-state index contributed by atoms with van der Waals surface area (Å²) < 4.78 is 0. The second kappa shape index (κ2) is 5.27. The van der Waals surface area contributed by atoms with Crippen molar-refractivity contribution in [3.63, 3.8) is 0 Å². The average molecular weight is 238 g/mol. The minimum absolute atomic E-state index is 0.422. The highest BCUT2D eigenvalue weighted by atomic mass is 32.3. The number of hydrogen-bond donors (Lipinski definition) is 0. The number of allylic oxidation sites excluding steroid dienone is 5. The van der Waals surface area contributed by atoms with Gasteiger partial charge in [-0.3, -0.25) is 0 Å². The molecule has 0 nitrogen and oxygen atoms in total. The first-order chi connectivity index (χ1) is 7.31. The van der Waals surface area contributed by atoms with Gasteiger partial charge >= 0.3 is 0 Å². The van der Waals surface area contributed by atoms with E-state index >= 15 is 0 Å². The van der Waals surface area contributed by atoms with Gasteiger partial charge in [0.2, 0.25) is 0 Å². The maximum absolute atomic E-state index is 2.45. The van der Waals surface area contributed by atoms with E-state index in [1.165, 1.54) is 18.6 Å². The summed E-state index contributed by atoms with van der Waals surface area (Å²) >= 11 is 0. The van der Waals surface area contributed by atoms with E-state index in [9.17, 15) is 0 Å². The van der Waals surface area contributed by atoms with E-state index in [1.807, 2.05) is 0 Å². The Morgan fingerprint density at radius 3 is 2.44 bits per heavy atom. The van der Waals surface area contributed by atoms with Crippen LogP contribution >= 0.6 is 10.0 Å². The van der Waals surface area contributed by atoms with Crippen molar-refractivity contribution in [3.05, 3.63) is 35.3 Å². The van der Waals surface area contributed by atoms with Crippen LogP contribution in [0.4, 0.5) is 0 Å². The molecule has 0 saturated carbocycles. The summed E-state index contributed by atoms with van der Waals surface area (Å²) in [7, 11) is -0.640. The normalized spacial score (nSPS) is 24.2. The zero-order valence-corrected chi connectivity index (χ0v) is 12.2. The highest BCUT2D eigenvalue weighted by molar-refractivity contribution is 8.35. The molecular formula is C15H26S. The number of rotatable bonds is 2. The van der Waals surface area contributed by atoms with Crippen molar-refractivity contribution >= 4 is 10.0 Å². The average Bonchev–Trinajstić information content (AvgIpc) is 1.95. The quantitative estimate of drug-likeness (QED) is 0.643. The maximum atomic E-state index is 2.45. The van der Waals surface area contributed by atoms with Gasteiger partial charge in [-0.1, -0.05) is 51.2 Å². The second-order valence-electron chi connectivity index (χ2n) is 6.21. The molecule has 1 aliphatic carbocycles. The molecule has 1 rings (SSSR count). The summed E-state index contributed by atoms with van der Waals surface area (Å²) in [4.78, 5) is 1.58. The molecule has 0 heterocycles. The molecular weight excluding hydrogens is 212 g/mol. The second-order valence-corrected chi connectivity index (χ2v) is 10.1. The molecule has 1 aliphatic rings. The molecule has 0 amide bonds. The molecule has 0 radical (unpaired) electrons. The van der Waals surface area contributed by atoms with Crippen LogP contribution in [0.5, 0.6) is 0 Å². The van der Waals surface area contributed by atoms with Crippen molar-refractivity contribution in [2.75, 3.05) is 18.3 Å². The Balaban J connectivity index is 2.85. The van der Waals surface area contributed by atoms with Gasteiger partial charge in [-0.2, -0.15) is 0 Å². The Hall–Kier alpha value is -0.430. The standard InChI is InChI=1S/C15H26S/c1-15(2,3)13-16(4,5)14-11-9-7-6-8-10-12-14/h6-7,9,11-12H,8,10,13H2,1-5H3/b7-6?,11-9-,14-12+. The van der Waals surface area contributed by atoms with Crippen LogP contribution in [-0.4, -0.2) is 18.3 Å². The number of hydrogen-bond acceptors (Lipinski definition) is 0. The van der Waals surface area contributed by atoms with Crippen LogP contribution in [0.25, 0.3) is 0 Å². The first kappa shape index (κ1) is 13.6. The van der Waals surface area contributed by atoms with Crippen LogP contribution in [0.2, 0.25) is 0 Å². The van der Waals surface area contributed by atoms with E-state index < -0.39 is 10.0 Å². The topological polar surface area (TPSA) is 0 Å². The van der Waals surface area contributed by atoms with E-state index in [4.69, 9.17) is 0 Å². The Bertz CT molecular complexity index is 311. The molecule has 0 atom stereocenters. The molecule has 0 spiro atoms. The van der Waals surface area contributed by atoms with Gasteiger partial charge in [-0.05, 0) is 41.4 Å². The molecule has 0 aliphatic heterocycles. The first-order valence-electron chi connectivity index (χ1n) is 6.06. The van der Waals surface area contributed by atoms with Gasteiger partial charge in [-0.15, -0.1) is 0 Å². The van der Waals surface area contributed by atoms with Crippen molar-refractivity contribution in [3.8, 4) is 0 Å². The molecule has 92 valence electrons. The van der Waals surface area contributed by atoms with Crippen molar-refractivity contribution < 1.29 is 0 Å². The monoisotopic (exact) mass is 238 g/mol. The zero-order valence-electron chi connectivity index (χ0n) is 11.4. The van der Waals surface area contributed by atoms with Crippen molar-refractivity contribution in [1.29, 1.82) is 0 Å². The van der Waals surface area contributed by atoms with E-state index in [2.05, 4.69) is 63.7 Å². The van der Waals surface area contributed by atoms with Crippen molar-refractivity contribution in [2.45, 2.75) is 33.6 Å². The highest BCUT2D eigenvalue weighted by Gasteiger charge is 2.23. The zero-order chi connectivity index (χ0) is 12.2. The van der Waals surface area contributed by atoms with Crippen molar-refractivity contribution in [1.82, 2.24) is 0 Å². The fourth-order valence-electron chi connectivity index (χ4n) is 2.29. The third-order valence-corrected chi connectivity index (χ3v) is 5.79. The van der Waals surface area contributed by atoms with Gasteiger partial charge in [0.1, 0.15) is 0 Å². The lowest BCUT2D eigenvalue weighted by molar-refractivity contribution is 0.479. The lowest BCUT2D eigenvalue weighted by Gasteiger charge is -2.39. The summed E-state index contributed by atoms with van der Waals surface area (Å²) in [6.45, 7) is 7.03. The van der Waals surface area contributed by atoms with Gasteiger partial charge in [0, 0.05) is 0 Å². The predicted octanol–water partition coefficient (Wildman–Crippen LogP) is 4.89. The summed E-state index contributed by atoms with van der Waals surface area (Å²) in [6, 6.07) is 0. The summed E-state index contributed by atoms with van der Waals surface area (Å²) in [6.07, 6.45) is 18.6. The van der Waals surface area contributed by atoms with E-state index in [1.54, 1.807) is 4.91 Å². The summed E-state index contributed by atoms with van der Waals surface area (Å²) in [5.41, 5.74) is 0.422. The predicted molar refractivity (Wildman–Crippen MR) is 79.4 cm³/mol. The molecule has 16 heavy (non-hydrogen) atoms. The van der Waals surface area contributed by atoms with Crippen LogP contribution in [0, 0.1) is 5.41 Å². The molecule has 0 saturated heterocycles. The van der Waals surface area contributed by atoms with Crippen LogP contribution in [-0.2, 0) is 0 Å². The summed E-state index contributed by atoms with van der Waals surface area (Å²) in [5, 5.41) is 0. The molecule has 0 unspecified atom stereocenters. The minimum Gasteiger partial charge on any atom is -0.220 e. The Morgan fingerprint density at radius 2 is 1.81 bits per heavy atom. The fourth-order valence-corrected chi connectivity index (χ4v) is 5.64. The fraction of sp³-hybridized carbons (Fsp3) is 0.600. The van der Waals surface area contributed by atoms with E-state index in [-0.39, 0.29) is 0 Å². The van der Waals surface area contributed by atoms with E-state index in [0.717, 1.165) is 0 Å². The lowest BCUT2D eigenvalue weighted by atomic mass is 10.0. The van der Waals surface area contributed by atoms with Crippen molar-refractivity contribution in [2.24, 2.45) is 5.41 Å². The third-order valence-electron chi connectivity index (χ3n) is 2.62. The maximum Gasteiger partial charge on any atom is -0.0144 e. The van der Waals surface area contributed by atoms with Crippen LogP contribution in [0.15, 0.2) is 35.3 Å². The SMILES string of the molecule is CC(C)(C)CS(C)(C)C1=C/CCC=C/C=C\1. The Labute approximate surface area is 103 Å². The van der Waals surface area contributed by atoms with E-state index in [0.29, 0.717) is 5.41 Å². The first-order valence-corrected chi connectivity index (χ1v) is 8.68. The van der Waals surface area contributed by atoms with Gasteiger partial charge in [0.15, 0.2) is 0 Å². The van der Waals surface area contributed by atoms with Crippen LogP contribution in [0.1, 0.15) is 33.6 Å². The molecule has 0 bridgehead atoms. The molecule has 1 heteroatoms. The summed E-state index contributed by atoms with van der Waals surface area (Å²) in [5.74, 6) is 1.31. The van der Waals surface area contributed by atoms with Crippen LogP contribution in [0.3, 0.4) is 0 Å². The molecule has 0 fully saturated rings. The molecule has 0 aromatic rings. The molecule has 0 N–H and O–H groups in total. The minimum atomic E-state index is -0.640. The van der Waals surface area contributed by atoms with Gasteiger partial charge in [-0.25, -0.2) is 10.0 Å². The molecule has 0 aromatic carbocycles. The van der Waals surface area contributed by atoms with Gasteiger partial charge in [0.25, 0.3) is 0 Å².